The van der Waals surface area contributed by atoms with Crippen molar-refractivity contribution in [3.05, 3.63) is 0 Å². The van der Waals surface area contributed by atoms with Gasteiger partial charge in [-0.15, -0.1) is 0 Å². The molecule has 0 amide bonds. The number of nitrogens with zero attached hydrogens (tertiary/aromatic N) is 1. The van der Waals surface area contributed by atoms with E-state index < -0.39 is 12.7 Å². The monoisotopic (exact) mass is 227 g/mol. The first-order chi connectivity index (χ1) is 7.01. The van der Waals surface area contributed by atoms with Crippen LogP contribution in [0.15, 0.2) is 0 Å². The second-order valence-corrected chi connectivity index (χ2v) is 3.80. The Morgan fingerprint density at radius 2 is 2.13 bits per heavy atom. The highest BCUT2D eigenvalue weighted by Gasteiger charge is 2.31. The molecule has 1 fully saturated rings. The average Bonchev–Trinajstić information content (AvgIpc) is 2.54. The van der Waals surface area contributed by atoms with Crippen LogP contribution in [0.4, 0.5) is 13.2 Å². The van der Waals surface area contributed by atoms with Crippen molar-refractivity contribution in [2.45, 2.75) is 12.6 Å². The van der Waals surface area contributed by atoms with Gasteiger partial charge in [0.15, 0.2) is 0 Å². The Balaban J connectivity index is 2.35. The van der Waals surface area contributed by atoms with Crippen molar-refractivity contribution in [1.29, 1.82) is 0 Å². The van der Waals surface area contributed by atoms with Gasteiger partial charge in [0.2, 0.25) is 0 Å². The molecule has 6 heteroatoms. The molecule has 0 aromatic rings. The smallest absolute Gasteiger partial charge is 0.395 e. The quantitative estimate of drug-likeness (QED) is 0.756. The molecule has 3 nitrogen and oxygen atoms in total. The summed E-state index contributed by atoms with van der Waals surface area (Å²) < 4.78 is 41.5. The summed E-state index contributed by atoms with van der Waals surface area (Å²) in [6, 6.07) is 0. The first kappa shape index (κ1) is 12.7. The van der Waals surface area contributed by atoms with Crippen LogP contribution >= 0.6 is 0 Å². The fraction of sp³-hybridized carbons (Fsp3) is 1.00. The second kappa shape index (κ2) is 5.67. The Hall–Kier alpha value is -0.330. The third-order valence-electron chi connectivity index (χ3n) is 2.36. The zero-order chi connectivity index (χ0) is 11.3. The van der Waals surface area contributed by atoms with Crippen LogP contribution in [0.2, 0.25) is 0 Å². The normalized spacial score (nSPS) is 22.6. The Morgan fingerprint density at radius 3 is 2.60 bits per heavy atom. The van der Waals surface area contributed by atoms with Gasteiger partial charge in [-0.2, -0.15) is 13.2 Å². The van der Waals surface area contributed by atoms with E-state index in [0.29, 0.717) is 19.8 Å². The van der Waals surface area contributed by atoms with Gasteiger partial charge in [-0.25, -0.2) is 0 Å². The molecule has 1 aliphatic rings. The third-order valence-corrected chi connectivity index (χ3v) is 2.36. The molecule has 1 unspecified atom stereocenters. The lowest BCUT2D eigenvalue weighted by atomic mass is 10.1. The average molecular weight is 227 g/mol. The zero-order valence-corrected chi connectivity index (χ0v) is 8.46. The number of aliphatic hydroxyl groups is 1. The van der Waals surface area contributed by atoms with E-state index in [2.05, 4.69) is 0 Å². The summed E-state index contributed by atoms with van der Waals surface area (Å²) in [6.45, 7) is 0.368. The molecule has 15 heavy (non-hydrogen) atoms. The minimum Gasteiger partial charge on any atom is -0.395 e. The summed E-state index contributed by atoms with van der Waals surface area (Å²) in [4.78, 5) is 1.24. The molecule has 0 bridgehead atoms. The third kappa shape index (κ3) is 5.34. The van der Waals surface area contributed by atoms with Crippen molar-refractivity contribution in [2.75, 3.05) is 39.5 Å². The highest BCUT2D eigenvalue weighted by molar-refractivity contribution is 4.71. The first-order valence-corrected chi connectivity index (χ1v) is 4.99. The number of alkyl halides is 3. The molecule has 0 aromatic heterocycles. The van der Waals surface area contributed by atoms with Crippen molar-refractivity contribution in [1.82, 2.24) is 4.90 Å². The molecule has 90 valence electrons. The minimum absolute atomic E-state index is 0.0655. The van der Waals surface area contributed by atoms with Crippen LogP contribution in [0.25, 0.3) is 0 Å². The fourth-order valence-corrected chi connectivity index (χ4v) is 1.72. The maximum absolute atomic E-state index is 12.1. The first-order valence-electron chi connectivity index (χ1n) is 4.99. The van der Waals surface area contributed by atoms with Crippen molar-refractivity contribution >= 4 is 0 Å². The van der Waals surface area contributed by atoms with E-state index in [1.54, 1.807) is 0 Å². The van der Waals surface area contributed by atoms with Gasteiger partial charge in [0.05, 0.1) is 19.8 Å². The SMILES string of the molecule is OCCN(CC1CCOC1)CC(F)(F)F. The lowest BCUT2D eigenvalue weighted by molar-refractivity contribution is -0.148. The Bertz CT molecular complexity index is 181. The van der Waals surface area contributed by atoms with E-state index in [-0.39, 0.29) is 19.1 Å². The molecule has 0 aromatic carbocycles. The molecular formula is C9H16F3NO2. The maximum atomic E-state index is 12.1. The topological polar surface area (TPSA) is 32.7 Å². The summed E-state index contributed by atoms with van der Waals surface area (Å²) in [5.41, 5.74) is 0. The number of ether oxygens (including phenoxy) is 1. The molecule has 0 spiro atoms. The summed E-state index contributed by atoms with van der Waals surface area (Å²) >= 11 is 0. The number of hydrogen-bond donors (Lipinski definition) is 1. The van der Waals surface area contributed by atoms with Gasteiger partial charge in [0.25, 0.3) is 0 Å². The number of rotatable bonds is 5. The van der Waals surface area contributed by atoms with Crippen LogP contribution in [0.1, 0.15) is 6.42 Å². The van der Waals surface area contributed by atoms with Crippen LogP contribution in [-0.4, -0.2) is 55.6 Å². The standard InChI is InChI=1S/C9H16F3NO2/c10-9(11,12)7-13(2-3-14)5-8-1-4-15-6-8/h8,14H,1-7H2. The predicted octanol–water partition coefficient (Wildman–Crippen LogP) is 0.879. The predicted molar refractivity (Wildman–Crippen MR) is 48.5 cm³/mol. The maximum Gasteiger partial charge on any atom is 0.401 e. The molecule has 1 aliphatic heterocycles. The summed E-state index contributed by atoms with van der Waals surface area (Å²) in [5, 5.41) is 8.67. The number of halogens is 3. The molecule has 1 heterocycles. The second-order valence-electron chi connectivity index (χ2n) is 3.80. The van der Waals surface area contributed by atoms with Crippen LogP contribution in [0, 0.1) is 5.92 Å². The van der Waals surface area contributed by atoms with Gasteiger partial charge in [-0.1, -0.05) is 0 Å². The molecule has 0 aliphatic carbocycles. The van der Waals surface area contributed by atoms with Gasteiger partial charge in [-0.3, -0.25) is 4.90 Å². The van der Waals surface area contributed by atoms with Gasteiger partial charge in [0, 0.05) is 19.7 Å². The largest absolute Gasteiger partial charge is 0.401 e. The highest BCUT2D eigenvalue weighted by atomic mass is 19.4. The zero-order valence-electron chi connectivity index (χ0n) is 8.46. The van der Waals surface area contributed by atoms with E-state index in [4.69, 9.17) is 9.84 Å². The molecule has 1 rings (SSSR count). The van der Waals surface area contributed by atoms with E-state index in [0.717, 1.165) is 6.42 Å². The lowest BCUT2D eigenvalue weighted by Crippen LogP contribution is -2.39. The number of aliphatic hydroxyl groups excluding tert-OH is 1. The Kier molecular flexibility index (Phi) is 4.82. The Labute approximate surface area is 86.8 Å². The molecule has 0 radical (unpaired) electrons. The van der Waals surface area contributed by atoms with Crippen LogP contribution in [-0.2, 0) is 4.74 Å². The van der Waals surface area contributed by atoms with E-state index in [1.807, 2.05) is 0 Å². The summed E-state index contributed by atoms with van der Waals surface area (Å²) in [7, 11) is 0. The Morgan fingerprint density at radius 1 is 1.40 bits per heavy atom. The van der Waals surface area contributed by atoms with Gasteiger partial charge in [-0.05, 0) is 12.3 Å². The van der Waals surface area contributed by atoms with Gasteiger partial charge < -0.3 is 9.84 Å². The highest BCUT2D eigenvalue weighted by Crippen LogP contribution is 2.19. The molecule has 1 saturated heterocycles. The number of hydrogen-bond acceptors (Lipinski definition) is 3. The minimum atomic E-state index is -4.20. The molecule has 0 saturated carbocycles. The van der Waals surface area contributed by atoms with Crippen LogP contribution in [0.5, 0.6) is 0 Å². The van der Waals surface area contributed by atoms with Crippen molar-refractivity contribution in [3.63, 3.8) is 0 Å². The van der Waals surface area contributed by atoms with E-state index >= 15 is 0 Å². The van der Waals surface area contributed by atoms with Crippen molar-refractivity contribution in [2.24, 2.45) is 5.92 Å². The lowest BCUT2D eigenvalue weighted by Gasteiger charge is -2.24. The van der Waals surface area contributed by atoms with Gasteiger partial charge in [0.1, 0.15) is 0 Å². The van der Waals surface area contributed by atoms with Crippen molar-refractivity contribution in [3.8, 4) is 0 Å². The molecule has 1 N–H and O–H groups in total. The fourth-order valence-electron chi connectivity index (χ4n) is 1.72. The van der Waals surface area contributed by atoms with Crippen LogP contribution < -0.4 is 0 Å². The summed E-state index contributed by atoms with van der Waals surface area (Å²) in [6.07, 6.45) is -3.39. The van der Waals surface area contributed by atoms with Crippen molar-refractivity contribution < 1.29 is 23.0 Å². The molecule has 1 atom stereocenters. The molecular weight excluding hydrogens is 211 g/mol. The van der Waals surface area contributed by atoms with Crippen LogP contribution in [0.3, 0.4) is 0 Å². The van der Waals surface area contributed by atoms with E-state index in [9.17, 15) is 13.2 Å². The van der Waals surface area contributed by atoms with Gasteiger partial charge >= 0.3 is 6.18 Å². The van der Waals surface area contributed by atoms with E-state index in [1.165, 1.54) is 4.90 Å². The summed E-state index contributed by atoms with van der Waals surface area (Å²) in [5.74, 6) is 0.166.